The van der Waals surface area contributed by atoms with E-state index in [0.717, 1.165) is 16.9 Å². The Balaban J connectivity index is 2.07. The van der Waals surface area contributed by atoms with E-state index in [1.807, 2.05) is 30.5 Å². The van der Waals surface area contributed by atoms with E-state index in [1.165, 1.54) is 18.4 Å². The number of sulfonamides is 1. The van der Waals surface area contributed by atoms with Gasteiger partial charge in [0.2, 0.25) is 10.0 Å². The van der Waals surface area contributed by atoms with Crippen LogP contribution in [0.3, 0.4) is 0 Å². The summed E-state index contributed by atoms with van der Waals surface area (Å²) in [4.78, 5) is 0.958. The number of methoxy groups -OCH3 is 1. The van der Waals surface area contributed by atoms with Crippen LogP contribution in [0.4, 0.5) is 0 Å². The minimum Gasteiger partial charge on any atom is -0.495 e. The quantitative estimate of drug-likeness (QED) is 0.763. The molecule has 1 aromatic carbocycles. The lowest BCUT2D eigenvalue weighted by molar-refractivity contribution is 0.173. The number of benzene rings is 1. The van der Waals surface area contributed by atoms with Crippen LogP contribution < -0.4 is 9.46 Å². The fourth-order valence-electron chi connectivity index (χ4n) is 2.18. The number of hydrogen-bond acceptors (Lipinski definition) is 5. The third-order valence-electron chi connectivity index (χ3n) is 3.51. The summed E-state index contributed by atoms with van der Waals surface area (Å²) in [5.41, 5.74) is 0.921. The molecule has 0 saturated carbocycles. The molecule has 0 radical (unpaired) electrons. The van der Waals surface area contributed by atoms with Gasteiger partial charge < -0.3 is 9.84 Å². The normalized spacial score (nSPS) is 13.0. The van der Waals surface area contributed by atoms with Crippen molar-refractivity contribution in [3.8, 4) is 5.75 Å². The maximum atomic E-state index is 12.5. The van der Waals surface area contributed by atoms with E-state index < -0.39 is 16.1 Å². The van der Waals surface area contributed by atoms with E-state index in [-0.39, 0.29) is 11.4 Å². The highest BCUT2D eigenvalue weighted by Crippen LogP contribution is 2.26. The average molecular weight is 355 g/mol. The number of aliphatic hydroxyl groups is 1. The molecule has 1 heterocycles. The van der Waals surface area contributed by atoms with Gasteiger partial charge in [0.05, 0.1) is 13.2 Å². The Hall–Kier alpha value is -1.41. The van der Waals surface area contributed by atoms with Crippen LogP contribution in [-0.2, 0) is 16.4 Å². The SMILES string of the molecule is CCc1ccc(OC)c(S(=O)(=O)NCCC(O)c2cccs2)c1. The van der Waals surface area contributed by atoms with Gasteiger partial charge in [-0.1, -0.05) is 19.1 Å². The van der Waals surface area contributed by atoms with Crippen LogP contribution in [0.2, 0.25) is 0 Å². The molecule has 0 amide bonds. The Labute approximate surface area is 141 Å². The van der Waals surface area contributed by atoms with Gasteiger partial charge in [-0.05, 0) is 42.0 Å². The van der Waals surface area contributed by atoms with Crippen LogP contribution in [0.1, 0.15) is 29.9 Å². The first-order valence-corrected chi connectivity index (χ1v) is 9.72. The Bertz CT molecular complexity index is 727. The number of nitrogens with one attached hydrogen (secondary N) is 1. The maximum Gasteiger partial charge on any atom is 0.244 e. The van der Waals surface area contributed by atoms with Crippen LogP contribution in [0.5, 0.6) is 5.75 Å². The average Bonchev–Trinajstić information content (AvgIpc) is 3.08. The molecule has 0 fully saturated rings. The van der Waals surface area contributed by atoms with E-state index in [2.05, 4.69) is 4.72 Å². The second-order valence-electron chi connectivity index (χ2n) is 5.06. The first-order valence-electron chi connectivity index (χ1n) is 7.36. The zero-order valence-corrected chi connectivity index (χ0v) is 14.8. The van der Waals surface area contributed by atoms with Gasteiger partial charge in [-0.2, -0.15) is 0 Å². The number of thiophene rings is 1. The second-order valence-corrected chi connectivity index (χ2v) is 7.77. The van der Waals surface area contributed by atoms with Crippen molar-refractivity contribution in [1.82, 2.24) is 4.72 Å². The topological polar surface area (TPSA) is 75.6 Å². The van der Waals surface area contributed by atoms with E-state index >= 15 is 0 Å². The molecule has 1 unspecified atom stereocenters. The predicted molar refractivity (Wildman–Crippen MR) is 91.5 cm³/mol. The standard InChI is InChI=1S/C16H21NO4S2/c1-3-12-6-7-14(21-2)16(11-12)23(19,20)17-9-8-13(18)15-5-4-10-22-15/h4-7,10-11,13,17-18H,3,8-9H2,1-2H3. The van der Waals surface area contributed by atoms with E-state index in [0.29, 0.717) is 12.2 Å². The Morgan fingerprint density at radius 1 is 1.35 bits per heavy atom. The van der Waals surface area contributed by atoms with Crippen molar-refractivity contribution < 1.29 is 18.3 Å². The smallest absolute Gasteiger partial charge is 0.244 e. The molecule has 23 heavy (non-hydrogen) atoms. The molecule has 0 saturated heterocycles. The van der Waals surface area contributed by atoms with Crippen molar-refractivity contribution in [1.29, 1.82) is 0 Å². The molecule has 1 atom stereocenters. The highest BCUT2D eigenvalue weighted by Gasteiger charge is 2.20. The highest BCUT2D eigenvalue weighted by molar-refractivity contribution is 7.89. The second kappa shape index (κ2) is 7.92. The molecule has 0 aliphatic carbocycles. The molecule has 126 valence electrons. The van der Waals surface area contributed by atoms with Crippen LogP contribution >= 0.6 is 11.3 Å². The molecule has 0 aliphatic rings. The summed E-state index contributed by atoms with van der Waals surface area (Å²) >= 11 is 1.45. The molecule has 0 bridgehead atoms. The predicted octanol–water partition coefficient (Wildman–Crippen LogP) is 2.72. The third kappa shape index (κ3) is 4.54. The summed E-state index contributed by atoms with van der Waals surface area (Å²) in [7, 11) is -2.24. The Morgan fingerprint density at radius 2 is 2.13 bits per heavy atom. The highest BCUT2D eigenvalue weighted by atomic mass is 32.2. The molecular weight excluding hydrogens is 334 g/mol. The lowest BCUT2D eigenvalue weighted by Crippen LogP contribution is -2.26. The zero-order chi connectivity index (χ0) is 16.9. The lowest BCUT2D eigenvalue weighted by atomic mass is 10.2. The number of aryl methyl sites for hydroxylation is 1. The van der Waals surface area contributed by atoms with Gasteiger partial charge in [0.15, 0.2) is 0 Å². The summed E-state index contributed by atoms with van der Waals surface area (Å²) in [5, 5.41) is 11.9. The summed E-state index contributed by atoms with van der Waals surface area (Å²) in [6.07, 6.45) is 0.389. The monoisotopic (exact) mass is 355 g/mol. The van der Waals surface area contributed by atoms with Gasteiger partial charge in [-0.15, -0.1) is 11.3 Å². The summed E-state index contributed by atoms with van der Waals surface area (Å²) < 4.78 is 32.6. The number of rotatable bonds is 8. The molecule has 2 N–H and O–H groups in total. The van der Waals surface area contributed by atoms with Crippen LogP contribution in [0.15, 0.2) is 40.6 Å². The molecule has 5 nitrogen and oxygen atoms in total. The van der Waals surface area contributed by atoms with Gasteiger partial charge in [-0.3, -0.25) is 0 Å². The van der Waals surface area contributed by atoms with E-state index in [1.54, 1.807) is 12.1 Å². The molecule has 0 spiro atoms. The minimum atomic E-state index is -3.68. The van der Waals surface area contributed by atoms with Gasteiger partial charge in [0, 0.05) is 11.4 Å². The molecule has 1 aromatic heterocycles. The van der Waals surface area contributed by atoms with Crippen molar-refractivity contribution in [2.24, 2.45) is 0 Å². The fraction of sp³-hybridized carbons (Fsp3) is 0.375. The number of aliphatic hydroxyl groups excluding tert-OH is 1. The van der Waals surface area contributed by atoms with Crippen molar-refractivity contribution in [3.63, 3.8) is 0 Å². The van der Waals surface area contributed by atoms with Gasteiger partial charge in [-0.25, -0.2) is 13.1 Å². The molecule has 2 aromatic rings. The van der Waals surface area contributed by atoms with E-state index in [9.17, 15) is 13.5 Å². The Kier molecular flexibility index (Phi) is 6.17. The van der Waals surface area contributed by atoms with Gasteiger partial charge in [0.25, 0.3) is 0 Å². The number of ether oxygens (including phenoxy) is 1. The molecule has 2 rings (SSSR count). The molecule has 0 aliphatic heterocycles. The zero-order valence-electron chi connectivity index (χ0n) is 13.2. The van der Waals surface area contributed by atoms with Gasteiger partial charge >= 0.3 is 0 Å². The maximum absolute atomic E-state index is 12.5. The van der Waals surface area contributed by atoms with Crippen molar-refractivity contribution in [3.05, 3.63) is 46.2 Å². The largest absolute Gasteiger partial charge is 0.495 e. The third-order valence-corrected chi connectivity index (χ3v) is 5.96. The summed E-state index contributed by atoms with van der Waals surface area (Å²) in [5.74, 6) is 0.313. The van der Waals surface area contributed by atoms with Gasteiger partial charge in [0.1, 0.15) is 10.6 Å². The lowest BCUT2D eigenvalue weighted by Gasteiger charge is -2.13. The first-order chi connectivity index (χ1) is 11.0. The van der Waals surface area contributed by atoms with E-state index in [4.69, 9.17) is 4.74 Å². The first kappa shape index (κ1) is 17.9. The minimum absolute atomic E-state index is 0.130. The van der Waals surface area contributed by atoms with Crippen LogP contribution in [0.25, 0.3) is 0 Å². The van der Waals surface area contributed by atoms with Crippen LogP contribution in [-0.4, -0.2) is 27.2 Å². The van der Waals surface area contributed by atoms with Crippen molar-refractivity contribution >= 4 is 21.4 Å². The van der Waals surface area contributed by atoms with Crippen molar-refractivity contribution in [2.45, 2.75) is 30.8 Å². The molecular formula is C16H21NO4S2. The summed E-state index contributed by atoms with van der Waals surface area (Å²) in [6.45, 7) is 2.12. The summed E-state index contributed by atoms with van der Waals surface area (Å²) in [6, 6.07) is 8.81. The van der Waals surface area contributed by atoms with Crippen LogP contribution in [0, 0.1) is 0 Å². The Morgan fingerprint density at radius 3 is 2.74 bits per heavy atom. The van der Waals surface area contributed by atoms with Crippen molar-refractivity contribution in [2.75, 3.05) is 13.7 Å². The number of hydrogen-bond donors (Lipinski definition) is 2. The fourth-order valence-corrected chi connectivity index (χ4v) is 4.19. The molecule has 7 heteroatoms.